The molecule has 0 atom stereocenters. The molecule has 4 aromatic rings. The Morgan fingerprint density at radius 2 is 1.12 bits per heavy atom. The second-order valence-corrected chi connectivity index (χ2v) is 8.25. The van der Waals surface area contributed by atoms with Gasteiger partial charge in [0.15, 0.2) is 0 Å². The normalized spacial score (nSPS) is 11.0. The van der Waals surface area contributed by atoms with Gasteiger partial charge in [-0.15, -0.1) is 12.4 Å². The van der Waals surface area contributed by atoms with Crippen LogP contribution in [0.5, 0.6) is 0 Å². The number of imidazole rings is 2. The van der Waals surface area contributed by atoms with Gasteiger partial charge in [-0.25, -0.2) is 9.97 Å². The summed E-state index contributed by atoms with van der Waals surface area (Å²) in [5, 5.41) is 0. The lowest BCUT2D eigenvalue weighted by atomic mass is 10.3. The van der Waals surface area contributed by atoms with Crippen molar-refractivity contribution in [2.45, 2.75) is 12.8 Å². The van der Waals surface area contributed by atoms with Gasteiger partial charge in [0, 0.05) is 24.3 Å². The first-order valence-electron chi connectivity index (χ1n) is 8.00. The van der Waals surface area contributed by atoms with Gasteiger partial charge in [-0.3, -0.25) is 0 Å². The first-order chi connectivity index (χ1) is 11.9. The van der Waals surface area contributed by atoms with Crippen LogP contribution in [0.25, 0.3) is 22.1 Å². The Labute approximate surface area is 160 Å². The number of nitrogens with zero attached hydrogens (tertiary/aromatic N) is 2. The second kappa shape index (κ2) is 8.65. The lowest BCUT2D eigenvalue weighted by molar-refractivity contribution is 1.01. The number of aromatic nitrogens is 4. The highest BCUT2D eigenvalue weighted by atomic mass is 35.5. The number of hydrogen-bond donors (Lipinski definition) is 2. The molecule has 2 aromatic carbocycles. The third-order valence-corrected chi connectivity index (χ3v) is 6.21. The minimum Gasteiger partial charge on any atom is -0.342 e. The van der Waals surface area contributed by atoms with Gasteiger partial charge in [0.1, 0.15) is 11.6 Å². The number of benzene rings is 2. The number of aryl methyl sites for hydroxylation is 2. The molecule has 0 radical (unpaired) electrons. The van der Waals surface area contributed by atoms with Crippen molar-refractivity contribution >= 4 is 56.1 Å². The van der Waals surface area contributed by atoms with Crippen LogP contribution in [0, 0.1) is 0 Å². The molecular weight excluding hydrogens is 372 g/mol. The summed E-state index contributed by atoms with van der Waals surface area (Å²) in [4.78, 5) is 16.0. The van der Waals surface area contributed by atoms with Crippen molar-refractivity contribution in [2.24, 2.45) is 0 Å². The van der Waals surface area contributed by atoms with E-state index in [9.17, 15) is 0 Å². The predicted molar refractivity (Wildman–Crippen MR) is 112 cm³/mol. The van der Waals surface area contributed by atoms with Crippen molar-refractivity contribution in [3.63, 3.8) is 0 Å². The Kier molecular flexibility index (Phi) is 6.29. The molecule has 2 N–H and O–H groups in total. The van der Waals surface area contributed by atoms with Crippen LogP contribution < -0.4 is 0 Å². The van der Waals surface area contributed by atoms with Crippen LogP contribution in [0.3, 0.4) is 0 Å². The van der Waals surface area contributed by atoms with Crippen LogP contribution >= 0.6 is 34.0 Å². The van der Waals surface area contributed by atoms with Gasteiger partial charge in [0.05, 0.1) is 22.1 Å². The summed E-state index contributed by atoms with van der Waals surface area (Å²) in [6.45, 7) is 0. The third-order valence-electron chi connectivity index (χ3n) is 3.80. The minimum atomic E-state index is 0. The average Bonchev–Trinajstić information content (AvgIpc) is 3.20. The number of halogens is 1. The summed E-state index contributed by atoms with van der Waals surface area (Å²) in [5.41, 5.74) is 4.34. The van der Waals surface area contributed by atoms with Crippen molar-refractivity contribution in [2.75, 3.05) is 11.5 Å². The molecule has 0 aliphatic heterocycles. The summed E-state index contributed by atoms with van der Waals surface area (Å²) >= 11 is 0. The van der Waals surface area contributed by atoms with Gasteiger partial charge in [0.25, 0.3) is 0 Å². The van der Waals surface area contributed by atoms with Gasteiger partial charge < -0.3 is 9.97 Å². The maximum Gasteiger partial charge on any atom is 0.108 e. The highest BCUT2D eigenvalue weighted by Crippen LogP contribution is 2.23. The van der Waals surface area contributed by atoms with E-state index in [-0.39, 0.29) is 12.4 Å². The molecule has 7 heteroatoms. The molecule has 130 valence electrons. The van der Waals surface area contributed by atoms with Crippen LogP contribution in [-0.4, -0.2) is 31.4 Å². The molecule has 0 bridgehead atoms. The number of nitrogens with one attached hydrogen (secondary N) is 2. The Morgan fingerprint density at radius 1 is 0.680 bits per heavy atom. The number of fused-ring (bicyclic) bond motifs is 2. The fourth-order valence-corrected chi connectivity index (χ4v) is 4.64. The van der Waals surface area contributed by atoms with E-state index in [0.717, 1.165) is 58.1 Å². The van der Waals surface area contributed by atoms with Gasteiger partial charge in [0.2, 0.25) is 0 Å². The van der Waals surface area contributed by atoms with E-state index in [4.69, 9.17) is 0 Å². The average molecular weight is 391 g/mol. The fraction of sp³-hybridized carbons (Fsp3) is 0.222. The van der Waals surface area contributed by atoms with Gasteiger partial charge >= 0.3 is 0 Å². The summed E-state index contributed by atoms with van der Waals surface area (Å²) in [6, 6.07) is 16.3. The van der Waals surface area contributed by atoms with Crippen molar-refractivity contribution < 1.29 is 0 Å². The molecule has 2 heterocycles. The number of aromatic amines is 2. The number of rotatable bonds is 7. The van der Waals surface area contributed by atoms with Crippen LogP contribution in [0.2, 0.25) is 0 Å². The predicted octanol–water partition coefficient (Wildman–Crippen LogP) is 5.03. The zero-order valence-corrected chi connectivity index (χ0v) is 16.0. The summed E-state index contributed by atoms with van der Waals surface area (Å²) in [6.07, 6.45) is 1.94. The molecule has 0 saturated heterocycles. The summed E-state index contributed by atoms with van der Waals surface area (Å²) < 4.78 is 0. The SMILES string of the molecule is Cl.c1ccc2[nH]c(CCSSCCc3nc4ccccc4[nH]3)nc2c1. The number of hydrogen-bond acceptors (Lipinski definition) is 4. The smallest absolute Gasteiger partial charge is 0.108 e. The lowest BCUT2D eigenvalue weighted by Crippen LogP contribution is -1.92. The number of H-pyrrole nitrogens is 2. The van der Waals surface area contributed by atoms with Crippen LogP contribution in [0.1, 0.15) is 11.6 Å². The fourth-order valence-electron chi connectivity index (χ4n) is 2.64. The van der Waals surface area contributed by atoms with Gasteiger partial charge in [-0.05, 0) is 24.3 Å². The quantitative estimate of drug-likeness (QED) is 0.343. The van der Waals surface area contributed by atoms with E-state index in [1.807, 2.05) is 58.0 Å². The molecule has 0 aliphatic carbocycles. The Balaban J connectivity index is 0.00000182. The Bertz CT molecular complexity index is 806. The molecule has 0 unspecified atom stereocenters. The molecule has 4 nitrogen and oxygen atoms in total. The molecular formula is C18H19ClN4S2. The summed E-state index contributed by atoms with van der Waals surface area (Å²) in [7, 11) is 3.80. The minimum absolute atomic E-state index is 0. The Hall–Kier alpha value is -1.63. The lowest BCUT2D eigenvalue weighted by Gasteiger charge is -1.99. The third kappa shape index (κ3) is 4.51. The zero-order chi connectivity index (χ0) is 16.2. The van der Waals surface area contributed by atoms with Crippen molar-refractivity contribution in [1.29, 1.82) is 0 Å². The van der Waals surface area contributed by atoms with E-state index in [2.05, 4.69) is 32.1 Å². The monoisotopic (exact) mass is 390 g/mol. The molecule has 4 rings (SSSR count). The van der Waals surface area contributed by atoms with Crippen molar-refractivity contribution in [3.8, 4) is 0 Å². The van der Waals surface area contributed by atoms with Gasteiger partial charge in [-0.1, -0.05) is 45.9 Å². The standard InChI is InChI=1S/C18H18N4S2.ClH/c1-2-6-14-13(5-1)19-17(20-14)9-11-23-24-12-10-18-21-15-7-3-4-8-16(15)22-18;/h1-8H,9-12H2,(H,19,20)(H,21,22);1H. The Morgan fingerprint density at radius 3 is 1.56 bits per heavy atom. The molecule has 0 spiro atoms. The molecule has 2 aromatic heterocycles. The first kappa shape index (κ1) is 18.2. The van der Waals surface area contributed by atoms with Crippen molar-refractivity contribution in [1.82, 2.24) is 19.9 Å². The van der Waals surface area contributed by atoms with Crippen LogP contribution in [-0.2, 0) is 12.8 Å². The topological polar surface area (TPSA) is 57.4 Å². The van der Waals surface area contributed by atoms with E-state index in [1.165, 1.54) is 0 Å². The molecule has 0 amide bonds. The van der Waals surface area contributed by atoms with Crippen LogP contribution in [0.15, 0.2) is 48.5 Å². The first-order valence-corrected chi connectivity index (χ1v) is 10.5. The highest BCUT2D eigenvalue weighted by molar-refractivity contribution is 8.76. The van der Waals surface area contributed by atoms with E-state index >= 15 is 0 Å². The van der Waals surface area contributed by atoms with Gasteiger partial charge in [-0.2, -0.15) is 0 Å². The van der Waals surface area contributed by atoms with Crippen LogP contribution in [0.4, 0.5) is 0 Å². The zero-order valence-electron chi connectivity index (χ0n) is 13.6. The van der Waals surface area contributed by atoms with Crippen molar-refractivity contribution in [3.05, 3.63) is 60.2 Å². The number of para-hydroxylation sites is 4. The second-order valence-electron chi connectivity index (χ2n) is 5.55. The maximum absolute atomic E-state index is 4.61. The molecule has 25 heavy (non-hydrogen) atoms. The molecule has 0 aliphatic rings. The summed E-state index contributed by atoms with van der Waals surface area (Å²) in [5.74, 6) is 4.26. The van der Waals surface area contributed by atoms with E-state index < -0.39 is 0 Å². The van der Waals surface area contributed by atoms with E-state index in [0.29, 0.717) is 0 Å². The highest BCUT2D eigenvalue weighted by Gasteiger charge is 2.04. The molecule has 0 saturated carbocycles. The molecule has 0 fully saturated rings. The largest absolute Gasteiger partial charge is 0.342 e. The maximum atomic E-state index is 4.61. The van der Waals surface area contributed by atoms with E-state index in [1.54, 1.807) is 0 Å².